The number of aryl methyl sites for hydroxylation is 1. The Labute approximate surface area is 130 Å². The number of carbonyl (C=O) groups is 1. The minimum absolute atomic E-state index is 0.0887. The summed E-state index contributed by atoms with van der Waals surface area (Å²) in [7, 11) is 1.87. The summed E-state index contributed by atoms with van der Waals surface area (Å²) in [6, 6.07) is 0. The molecule has 1 aliphatic heterocycles. The standard InChI is InChI=1S/C16H24N4O2/c1-12(13-5-3-6-13)15(21)20-8-4-7-16(22,10-20)9-14-18-17-11-19(14)2/h11,22H,3-10H2,1-2H3. The summed E-state index contributed by atoms with van der Waals surface area (Å²) in [5.74, 6) is 0.844. The van der Waals surface area contributed by atoms with E-state index in [1.165, 1.54) is 12.0 Å². The van der Waals surface area contributed by atoms with Crippen LogP contribution in [0.1, 0.15) is 44.9 Å². The fraction of sp³-hybridized carbons (Fsp3) is 0.688. The molecule has 0 radical (unpaired) electrons. The molecule has 0 aromatic carbocycles. The van der Waals surface area contributed by atoms with Crippen molar-refractivity contribution in [3.05, 3.63) is 23.3 Å². The van der Waals surface area contributed by atoms with Gasteiger partial charge in [0, 0.05) is 25.6 Å². The van der Waals surface area contributed by atoms with Crippen LogP contribution in [0.2, 0.25) is 0 Å². The minimum atomic E-state index is -0.904. The number of aromatic nitrogens is 3. The zero-order chi connectivity index (χ0) is 15.7. The first-order valence-electron chi connectivity index (χ1n) is 8.02. The Bertz CT molecular complexity index is 601. The number of nitrogens with zero attached hydrogens (tertiary/aromatic N) is 4. The Morgan fingerprint density at radius 1 is 1.41 bits per heavy atom. The molecule has 22 heavy (non-hydrogen) atoms. The van der Waals surface area contributed by atoms with Crippen molar-refractivity contribution in [3.8, 4) is 0 Å². The van der Waals surface area contributed by atoms with Crippen LogP contribution in [0.3, 0.4) is 0 Å². The fourth-order valence-corrected chi connectivity index (χ4v) is 3.31. The van der Waals surface area contributed by atoms with Gasteiger partial charge >= 0.3 is 0 Å². The molecule has 1 aromatic rings. The Kier molecular flexibility index (Phi) is 4.04. The number of amides is 1. The maximum Gasteiger partial charge on any atom is 0.249 e. The Morgan fingerprint density at radius 2 is 2.18 bits per heavy atom. The van der Waals surface area contributed by atoms with Gasteiger partial charge in [-0.25, -0.2) is 0 Å². The van der Waals surface area contributed by atoms with Crippen LogP contribution in [-0.4, -0.2) is 49.4 Å². The molecule has 0 bridgehead atoms. The van der Waals surface area contributed by atoms with E-state index in [9.17, 15) is 9.90 Å². The van der Waals surface area contributed by atoms with E-state index in [0.29, 0.717) is 19.4 Å². The van der Waals surface area contributed by atoms with Crippen molar-refractivity contribution < 1.29 is 9.90 Å². The highest BCUT2D eigenvalue weighted by atomic mass is 16.3. The number of likely N-dealkylation sites (tertiary alicyclic amines) is 1. The van der Waals surface area contributed by atoms with Gasteiger partial charge in [-0.3, -0.25) is 4.79 Å². The van der Waals surface area contributed by atoms with E-state index in [2.05, 4.69) is 10.2 Å². The lowest BCUT2D eigenvalue weighted by atomic mass is 9.86. The van der Waals surface area contributed by atoms with Gasteiger partial charge in [0.2, 0.25) is 5.91 Å². The van der Waals surface area contributed by atoms with Gasteiger partial charge in [0.25, 0.3) is 0 Å². The number of hydrogen-bond donors (Lipinski definition) is 1. The minimum Gasteiger partial charge on any atom is -0.388 e. The highest BCUT2D eigenvalue weighted by Crippen LogP contribution is 2.31. The van der Waals surface area contributed by atoms with E-state index >= 15 is 0 Å². The zero-order valence-electron chi connectivity index (χ0n) is 13.4. The molecule has 1 unspecified atom stereocenters. The lowest BCUT2D eigenvalue weighted by Crippen LogP contribution is -2.52. The third kappa shape index (κ3) is 2.92. The van der Waals surface area contributed by atoms with Crippen molar-refractivity contribution in [2.75, 3.05) is 13.1 Å². The SMILES string of the molecule is CC(C(=O)N1CCCC(O)(Cc2nncn2C)C1)=C1CCC1. The van der Waals surface area contributed by atoms with Gasteiger partial charge in [0.05, 0.1) is 12.1 Å². The molecule has 1 saturated carbocycles. The summed E-state index contributed by atoms with van der Waals surface area (Å²) < 4.78 is 1.82. The first-order valence-corrected chi connectivity index (χ1v) is 8.02. The summed E-state index contributed by atoms with van der Waals surface area (Å²) >= 11 is 0. The van der Waals surface area contributed by atoms with Crippen LogP contribution in [0.5, 0.6) is 0 Å². The second-order valence-electron chi connectivity index (χ2n) is 6.67. The highest BCUT2D eigenvalue weighted by Gasteiger charge is 2.37. The van der Waals surface area contributed by atoms with Gasteiger partial charge in [0.1, 0.15) is 12.2 Å². The van der Waals surface area contributed by atoms with Crippen molar-refractivity contribution in [3.63, 3.8) is 0 Å². The lowest BCUT2D eigenvalue weighted by Gasteiger charge is -2.39. The molecular formula is C16H24N4O2. The van der Waals surface area contributed by atoms with Crippen LogP contribution in [-0.2, 0) is 18.3 Å². The molecule has 1 aliphatic carbocycles. The average molecular weight is 304 g/mol. The number of rotatable bonds is 3. The summed E-state index contributed by atoms with van der Waals surface area (Å²) in [5, 5.41) is 18.8. The van der Waals surface area contributed by atoms with Gasteiger partial charge in [-0.05, 0) is 39.0 Å². The molecule has 120 valence electrons. The largest absolute Gasteiger partial charge is 0.388 e. The molecule has 2 heterocycles. The van der Waals surface area contributed by atoms with Crippen LogP contribution >= 0.6 is 0 Å². The summed E-state index contributed by atoms with van der Waals surface area (Å²) in [5.41, 5.74) is 1.26. The molecule has 1 N–H and O–H groups in total. The van der Waals surface area contributed by atoms with Gasteiger partial charge in [-0.15, -0.1) is 10.2 Å². The molecule has 3 rings (SSSR count). The number of allylic oxidation sites excluding steroid dienone is 1. The molecule has 0 spiro atoms. The van der Waals surface area contributed by atoms with Gasteiger partial charge < -0.3 is 14.6 Å². The molecular weight excluding hydrogens is 280 g/mol. The van der Waals surface area contributed by atoms with Crippen LogP contribution in [0, 0.1) is 0 Å². The van der Waals surface area contributed by atoms with Crippen LogP contribution in [0.25, 0.3) is 0 Å². The van der Waals surface area contributed by atoms with Crippen LogP contribution in [0.4, 0.5) is 0 Å². The second kappa shape index (κ2) is 5.83. The van der Waals surface area contributed by atoms with E-state index in [1.54, 1.807) is 11.2 Å². The monoisotopic (exact) mass is 304 g/mol. The van der Waals surface area contributed by atoms with Crippen LogP contribution in [0.15, 0.2) is 17.5 Å². The van der Waals surface area contributed by atoms with E-state index in [1.807, 2.05) is 18.5 Å². The summed E-state index contributed by atoms with van der Waals surface area (Å²) in [6.45, 7) is 3.03. The first-order chi connectivity index (χ1) is 10.5. The topological polar surface area (TPSA) is 71.2 Å². The zero-order valence-corrected chi connectivity index (χ0v) is 13.4. The van der Waals surface area contributed by atoms with Crippen molar-refractivity contribution in [1.82, 2.24) is 19.7 Å². The Morgan fingerprint density at radius 3 is 2.77 bits per heavy atom. The normalized spacial score (nSPS) is 25.0. The van der Waals surface area contributed by atoms with Crippen molar-refractivity contribution in [1.29, 1.82) is 0 Å². The van der Waals surface area contributed by atoms with Crippen molar-refractivity contribution >= 4 is 5.91 Å². The van der Waals surface area contributed by atoms with E-state index in [-0.39, 0.29) is 5.91 Å². The number of piperidine rings is 1. The summed E-state index contributed by atoms with van der Waals surface area (Å²) in [4.78, 5) is 14.4. The van der Waals surface area contributed by atoms with Gasteiger partial charge in [-0.2, -0.15) is 0 Å². The molecule has 1 atom stereocenters. The number of carbonyl (C=O) groups excluding carboxylic acids is 1. The maximum atomic E-state index is 12.6. The van der Waals surface area contributed by atoms with E-state index < -0.39 is 5.60 Å². The highest BCUT2D eigenvalue weighted by molar-refractivity contribution is 5.94. The fourth-order valence-electron chi connectivity index (χ4n) is 3.31. The van der Waals surface area contributed by atoms with Gasteiger partial charge in [0.15, 0.2) is 0 Å². The molecule has 1 amide bonds. The van der Waals surface area contributed by atoms with Gasteiger partial charge in [-0.1, -0.05) is 5.57 Å². The third-order valence-corrected chi connectivity index (χ3v) is 4.94. The molecule has 2 fully saturated rings. The number of aliphatic hydroxyl groups is 1. The quantitative estimate of drug-likeness (QED) is 0.852. The predicted molar refractivity (Wildman–Crippen MR) is 82.0 cm³/mol. The van der Waals surface area contributed by atoms with E-state index in [0.717, 1.165) is 37.2 Å². The van der Waals surface area contributed by atoms with Crippen LogP contribution < -0.4 is 0 Å². The average Bonchev–Trinajstić information content (AvgIpc) is 2.81. The Hall–Kier alpha value is -1.69. The maximum absolute atomic E-state index is 12.6. The number of β-amino-alcohol motifs (C(OH)–C–C–N with tert-alkyl or cyclic N) is 1. The first kappa shape index (κ1) is 15.2. The van der Waals surface area contributed by atoms with Crippen molar-refractivity contribution in [2.45, 2.75) is 51.0 Å². The smallest absolute Gasteiger partial charge is 0.249 e. The molecule has 1 aromatic heterocycles. The predicted octanol–water partition coefficient (Wildman–Crippen LogP) is 1.21. The molecule has 6 heteroatoms. The lowest BCUT2D eigenvalue weighted by molar-refractivity contribution is -0.134. The van der Waals surface area contributed by atoms with E-state index in [4.69, 9.17) is 0 Å². The number of hydrogen-bond acceptors (Lipinski definition) is 4. The Balaban J connectivity index is 1.70. The van der Waals surface area contributed by atoms with Crippen molar-refractivity contribution in [2.24, 2.45) is 7.05 Å². The summed E-state index contributed by atoms with van der Waals surface area (Å²) in [6.07, 6.45) is 6.87. The third-order valence-electron chi connectivity index (χ3n) is 4.94. The molecule has 1 saturated heterocycles. The molecule has 2 aliphatic rings. The second-order valence-corrected chi connectivity index (χ2v) is 6.67. The molecule has 6 nitrogen and oxygen atoms in total.